The van der Waals surface area contributed by atoms with Gasteiger partial charge in [-0.3, -0.25) is 4.90 Å². The molecule has 4 aromatic rings. The molecule has 7 nitrogen and oxygen atoms in total. The van der Waals surface area contributed by atoms with E-state index in [-0.39, 0.29) is 0 Å². The molecule has 0 atom stereocenters. The summed E-state index contributed by atoms with van der Waals surface area (Å²) in [5, 5.41) is 20.7. The van der Waals surface area contributed by atoms with E-state index in [1.807, 2.05) is 22.6 Å². The van der Waals surface area contributed by atoms with E-state index in [4.69, 9.17) is 4.42 Å². The molecule has 144 valence electrons. The molecule has 0 spiro atoms. The summed E-state index contributed by atoms with van der Waals surface area (Å²) in [7, 11) is 0. The van der Waals surface area contributed by atoms with Crippen molar-refractivity contribution in [3.05, 3.63) is 83.1 Å². The van der Waals surface area contributed by atoms with E-state index in [9.17, 15) is 5.26 Å². The van der Waals surface area contributed by atoms with Gasteiger partial charge >= 0.3 is 0 Å². The lowest BCUT2D eigenvalue weighted by molar-refractivity contribution is -0.497. The second-order valence-corrected chi connectivity index (χ2v) is 7.25. The molecule has 0 saturated carbocycles. The molecule has 7 heteroatoms. The van der Waals surface area contributed by atoms with Gasteiger partial charge in [-0.1, -0.05) is 30.3 Å². The molecule has 0 aliphatic carbocycles. The number of aromatic amines is 1. The molecule has 0 fully saturated rings. The molecular formula is C22H21N6O+. The first kappa shape index (κ1) is 17.5. The third kappa shape index (κ3) is 3.24. The van der Waals surface area contributed by atoms with Crippen molar-refractivity contribution in [1.82, 2.24) is 15.1 Å². The molecule has 1 aliphatic heterocycles. The van der Waals surface area contributed by atoms with Crippen molar-refractivity contribution in [2.45, 2.75) is 26.1 Å². The molecule has 4 heterocycles. The number of aromatic nitrogens is 3. The SMILES string of the molecule is N#Cc1c2c(c3[nH]nc[n+]3c1NCc1ccco1)CN(Cc1ccccc1)CC2. The van der Waals surface area contributed by atoms with Crippen molar-refractivity contribution in [2.24, 2.45) is 0 Å². The molecule has 0 amide bonds. The van der Waals surface area contributed by atoms with E-state index in [1.165, 1.54) is 5.56 Å². The summed E-state index contributed by atoms with van der Waals surface area (Å²) in [6.45, 7) is 3.09. The summed E-state index contributed by atoms with van der Waals surface area (Å²) in [6, 6.07) is 16.7. The minimum absolute atomic E-state index is 0.508. The van der Waals surface area contributed by atoms with E-state index in [1.54, 1.807) is 12.6 Å². The van der Waals surface area contributed by atoms with Gasteiger partial charge in [-0.2, -0.15) is 14.8 Å². The third-order valence-corrected chi connectivity index (χ3v) is 5.44. The van der Waals surface area contributed by atoms with E-state index in [0.717, 1.165) is 54.4 Å². The monoisotopic (exact) mass is 385 g/mol. The second kappa shape index (κ2) is 7.41. The second-order valence-electron chi connectivity index (χ2n) is 7.25. The van der Waals surface area contributed by atoms with Crippen molar-refractivity contribution >= 4 is 11.5 Å². The fourth-order valence-corrected chi connectivity index (χ4v) is 4.07. The highest BCUT2D eigenvalue weighted by Gasteiger charge is 2.29. The smallest absolute Gasteiger partial charge is 0.237 e. The first-order valence-electron chi connectivity index (χ1n) is 9.68. The maximum Gasteiger partial charge on any atom is 0.237 e. The number of furan rings is 1. The summed E-state index contributed by atoms with van der Waals surface area (Å²) < 4.78 is 7.36. The molecule has 5 rings (SSSR count). The molecule has 1 aliphatic rings. The summed E-state index contributed by atoms with van der Waals surface area (Å²) in [6.07, 6.45) is 4.20. The molecule has 2 N–H and O–H groups in total. The Hall–Kier alpha value is -3.63. The Morgan fingerprint density at radius 3 is 2.90 bits per heavy atom. The van der Waals surface area contributed by atoms with Gasteiger partial charge in [0.05, 0.1) is 6.26 Å². The van der Waals surface area contributed by atoms with Crippen LogP contribution in [0.2, 0.25) is 0 Å². The highest BCUT2D eigenvalue weighted by Crippen LogP contribution is 2.28. The predicted octanol–water partition coefficient (Wildman–Crippen LogP) is 2.78. The Balaban J connectivity index is 1.50. The maximum absolute atomic E-state index is 9.96. The molecule has 29 heavy (non-hydrogen) atoms. The van der Waals surface area contributed by atoms with Gasteiger partial charge in [0.1, 0.15) is 23.9 Å². The number of nitriles is 1. The van der Waals surface area contributed by atoms with Gasteiger partial charge in [0.25, 0.3) is 0 Å². The summed E-state index contributed by atoms with van der Waals surface area (Å²) in [4.78, 5) is 2.41. The molecule has 0 unspecified atom stereocenters. The van der Waals surface area contributed by atoms with Crippen LogP contribution in [-0.4, -0.2) is 21.6 Å². The highest BCUT2D eigenvalue weighted by atomic mass is 16.3. The van der Waals surface area contributed by atoms with Crippen molar-refractivity contribution in [3.8, 4) is 6.07 Å². The zero-order chi connectivity index (χ0) is 19.6. The Morgan fingerprint density at radius 1 is 1.21 bits per heavy atom. The van der Waals surface area contributed by atoms with Crippen LogP contribution < -0.4 is 9.72 Å². The largest absolute Gasteiger partial charge is 0.466 e. The molecule has 3 aromatic heterocycles. The standard InChI is InChI=1S/C22H20N6O/c23-11-19-18-8-9-27(13-16-5-2-1-3-6-16)14-20(18)22-26-25-15-28(22)21(19)24-12-17-7-4-10-29-17/h1-7,10,15H,8-9,12-14H2,(H,24,26)/p+1. The van der Waals surface area contributed by atoms with Crippen LogP contribution in [0.15, 0.2) is 59.5 Å². The third-order valence-electron chi connectivity index (χ3n) is 5.44. The van der Waals surface area contributed by atoms with Gasteiger partial charge in [-0.05, 0) is 34.8 Å². The van der Waals surface area contributed by atoms with Crippen LogP contribution in [0.4, 0.5) is 5.82 Å². The van der Waals surface area contributed by atoms with E-state index < -0.39 is 0 Å². The Bertz CT molecular complexity index is 1170. The Labute approximate surface area is 168 Å². The van der Waals surface area contributed by atoms with Gasteiger partial charge in [0.2, 0.25) is 17.8 Å². The fourth-order valence-electron chi connectivity index (χ4n) is 4.07. The number of rotatable bonds is 5. The number of hydrogen-bond acceptors (Lipinski definition) is 5. The van der Waals surface area contributed by atoms with Crippen LogP contribution in [0.1, 0.15) is 28.0 Å². The zero-order valence-electron chi connectivity index (χ0n) is 15.9. The van der Waals surface area contributed by atoms with Gasteiger partial charge < -0.3 is 9.73 Å². The number of nitrogens with one attached hydrogen (secondary N) is 2. The van der Waals surface area contributed by atoms with Crippen LogP contribution in [-0.2, 0) is 26.1 Å². The lowest BCUT2D eigenvalue weighted by Crippen LogP contribution is -2.36. The summed E-state index contributed by atoms with van der Waals surface area (Å²) in [5.74, 6) is 1.57. The maximum atomic E-state index is 9.96. The fraction of sp³-hybridized carbons (Fsp3) is 0.227. The normalized spacial score (nSPS) is 13.9. The van der Waals surface area contributed by atoms with Gasteiger partial charge in [-0.25, -0.2) is 0 Å². The topological polar surface area (TPSA) is 85.0 Å². The zero-order valence-corrected chi connectivity index (χ0v) is 15.9. The quantitative estimate of drug-likeness (QED) is 0.516. The molecule has 0 bridgehead atoms. The average Bonchev–Trinajstić information content (AvgIpc) is 3.45. The number of nitrogens with zero attached hydrogens (tertiary/aromatic N) is 4. The lowest BCUT2D eigenvalue weighted by atomic mass is 9.95. The van der Waals surface area contributed by atoms with Crippen molar-refractivity contribution < 1.29 is 8.82 Å². The lowest BCUT2D eigenvalue weighted by Gasteiger charge is -2.29. The van der Waals surface area contributed by atoms with Crippen LogP contribution in [0.3, 0.4) is 0 Å². The molecule has 0 radical (unpaired) electrons. The minimum atomic E-state index is 0.508. The number of H-pyrrole nitrogens is 1. The first-order valence-corrected chi connectivity index (χ1v) is 9.68. The van der Waals surface area contributed by atoms with Gasteiger partial charge in [0.15, 0.2) is 0 Å². The van der Waals surface area contributed by atoms with E-state index in [0.29, 0.717) is 12.1 Å². The summed E-state index contributed by atoms with van der Waals surface area (Å²) in [5.41, 5.74) is 5.15. The van der Waals surface area contributed by atoms with Gasteiger partial charge in [0, 0.05) is 25.2 Å². The first-order chi connectivity index (χ1) is 14.3. The average molecular weight is 385 g/mol. The van der Waals surface area contributed by atoms with E-state index in [2.05, 4.69) is 50.7 Å². The number of pyridine rings is 1. The van der Waals surface area contributed by atoms with Crippen LogP contribution >= 0.6 is 0 Å². The molecular weight excluding hydrogens is 364 g/mol. The van der Waals surface area contributed by atoms with Crippen molar-refractivity contribution in [3.63, 3.8) is 0 Å². The van der Waals surface area contributed by atoms with Crippen molar-refractivity contribution in [2.75, 3.05) is 11.9 Å². The number of fused-ring (bicyclic) bond motifs is 3. The number of anilines is 1. The minimum Gasteiger partial charge on any atom is -0.466 e. The van der Waals surface area contributed by atoms with E-state index >= 15 is 0 Å². The Morgan fingerprint density at radius 2 is 2.10 bits per heavy atom. The van der Waals surface area contributed by atoms with Crippen molar-refractivity contribution in [1.29, 1.82) is 5.26 Å². The van der Waals surface area contributed by atoms with Crippen LogP contribution in [0.5, 0.6) is 0 Å². The number of hydrogen-bond donors (Lipinski definition) is 2. The molecule has 0 saturated heterocycles. The highest BCUT2D eigenvalue weighted by molar-refractivity contribution is 5.62. The molecule has 1 aromatic carbocycles. The van der Waals surface area contributed by atoms with Gasteiger partial charge in [-0.15, -0.1) is 0 Å². The van der Waals surface area contributed by atoms with Crippen LogP contribution in [0.25, 0.3) is 5.65 Å². The number of benzene rings is 1. The predicted molar refractivity (Wildman–Crippen MR) is 107 cm³/mol. The Kier molecular flexibility index (Phi) is 4.47. The summed E-state index contributed by atoms with van der Waals surface area (Å²) >= 11 is 0. The van der Waals surface area contributed by atoms with Crippen LogP contribution in [0, 0.1) is 11.3 Å².